The van der Waals surface area contributed by atoms with Crippen molar-refractivity contribution in [3.8, 4) is 0 Å². The van der Waals surface area contributed by atoms with E-state index in [4.69, 9.17) is 9.31 Å². The molecule has 2 bridgehead atoms. The van der Waals surface area contributed by atoms with Gasteiger partial charge in [0.2, 0.25) is 0 Å². The Bertz CT molecular complexity index is 304. The molecule has 0 N–H and O–H groups in total. The van der Waals surface area contributed by atoms with Crippen LogP contribution in [0.2, 0.25) is 6.32 Å². The summed E-state index contributed by atoms with van der Waals surface area (Å²) in [5.74, 6) is 1.56. The van der Waals surface area contributed by atoms with Crippen molar-refractivity contribution in [3.63, 3.8) is 0 Å². The molecule has 0 aromatic heterocycles. The van der Waals surface area contributed by atoms with E-state index < -0.39 is 0 Å². The predicted octanol–water partition coefficient (Wildman–Crippen LogP) is 3.12. The van der Waals surface area contributed by atoms with Crippen LogP contribution in [0.5, 0.6) is 0 Å². The van der Waals surface area contributed by atoms with Crippen LogP contribution in [-0.2, 0) is 9.31 Å². The maximum atomic E-state index is 6.26. The average Bonchev–Trinajstić information content (AvgIpc) is 2.53. The van der Waals surface area contributed by atoms with E-state index in [0.29, 0.717) is 17.4 Å². The van der Waals surface area contributed by atoms with Gasteiger partial charge in [-0.2, -0.15) is 0 Å². The van der Waals surface area contributed by atoms with Crippen molar-refractivity contribution < 1.29 is 9.31 Å². The molecule has 2 unspecified atom stereocenters. The van der Waals surface area contributed by atoms with E-state index in [2.05, 4.69) is 27.7 Å². The van der Waals surface area contributed by atoms with Crippen molar-refractivity contribution >= 4 is 7.12 Å². The van der Waals surface area contributed by atoms with Gasteiger partial charge in [-0.3, -0.25) is 0 Å². The normalized spacial score (nSPS) is 48.8. The second-order valence-electron chi connectivity index (χ2n) is 6.69. The highest BCUT2D eigenvalue weighted by Crippen LogP contribution is 2.65. The van der Waals surface area contributed by atoms with Gasteiger partial charge in [-0.25, -0.2) is 0 Å². The minimum atomic E-state index is -0.00190. The van der Waals surface area contributed by atoms with Crippen molar-refractivity contribution in [1.82, 2.24) is 0 Å². The second-order valence-corrected chi connectivity index (χ2v) is 6.69. The van der Waals surface area contributed by atoms with Crippen LogP contribution >= 0.6 is 0 Å². The van der Waals surface area contributed by atoms with Crippen LogP contribution in [0.15, 0.2) is 0 Å². The summed E-state index contributed by atoms with van der Waals surface area (Å²) < 4.78 is 12.3. The van der Waals surface area contributed by atoms with Gasteiger partial charge in [-0.15, -0.1) is 0 Å². The van der Waals surface area contributed by atoms with Crippen LogP contribution in [0.1, 0.15) is 47.0 Å². The predicted molar refractivity (Wildman–Crippen MR) is 65.2 cm³/mol. The molecular formula is C13H23BO2. The molecular weight excluding hydrogens is 199 g/mol. The zero-order valence-corrected chi connectivity index (χ0v) is 11.0. The Morgan fingerprint density at radius 2 is 2.00 bits per heavy atom. The van der Waals surface area contributed by atoms with E-state index in [9.17, 15) is 0 Å². The third-order valence-electron chi connectivity index (χ3n) is 5.53. The summed E-state index contributed by atoms with van der Waals surface area (Å²) in [6.45, 7) is 9.30. The summed E-state index contributed by atoms with van der Waals surface area (Å²) in [5, 5.41) is 0. The Morgan fingerprint density at radius 1 is 1.25 bits per heavy atom. The molecule has 0 aromatic carbocycles. The quantitative estimate of drug-likeness (QED) is 0.668. The lowest BCUT2D eigenvalue weighted by atomic mass is 9.43. The van der Waals surface area contributed by atoms with Crippen molar-refractivity contribution in [2.75, 3.05) is 0 Å². The van der Waals surface area contributed by atoms with Gasteiger partial charge in [0.25, 0.3) is 0 Å². The first-order valence-corrected chi connectivity index (χ1v) is 6.81. The van der Waals surface area contributed by atoms with E-state index in [0.717, 1.165) is 18.7 Å². The van der Waals surface area contributed by atoms with Crippen LogP contribution in [0.3, 0.4) is 0 Å². The monoisotopic (exact) mass is 222 g/mol. The fraction of sp³-hybridized carbons (Fsp3) is 1.00. The van der Waals surface area contributed by atoms with Crippen molar-refractivity contribution in [1.29, 1.82) is 0 Å². The molecule has 3 heteroatoms. The first-order chi connectivity index (χ1) is 7.48. The molecule has 0 aromatic rings. The fourth-order valence-electron chi connectivity index (χ4n) is 4.31. The van der Waals surface area contributed by atoms with Crippen molar-refractivity contribution in [3.05, 3.63) is 0 Å². The minimum absolute atomic E-state index is 0.00190. The molecule has 1 heterocycles. The molecule has 3 aliphatic carbocycles. The zero-order chi connectivity index (χ0) is 11.6. The standard InChI is InChI=1S/C13H23BO2/c1-5-6-14-15-11-8-9-7-10(12(9,2)3)13(11,4)16-14/h9-11H,5-8H2,1-4H3/t9?,10-,11?,13-/m0/s1. The van der Waals surface area contributed by atoms with Gasteiger partial charge in [0.05, 0.1) is 11.7 Å². The molecule has 4 rings (SSSR count). The first kappa shape index (κ1) is 11.1. The van der Waals surface area contributed by atoms with Gasteiger partial charge in [0.15, 0.2) is 0 Å². The maximum absolute atomic E-state index is 6.26. The molecule has 16 heavy (non-hydrogen) atoms. The third-order valence-corrected chi connectivity index (χ3v) is 5.53. The van der Waals surface area contributed by atoms with Gasteiger partial charge in [0, 0.05) is 0 Å². The lowest BCUT2D eigenvalue weighted by Gasteiger charge is -2.64. The molecule has 0 radical (unpaired) electrons. The zero-order valence-electron chi connectivity index (χ0n) is 11.0. The average molecular weight is 222 g/mol. The summed E-state index contributed by atoms with van der Waals surface area (Å²) in [6, 6.07) is 0. The van der Waals surface area contributed by atoms with E-state index in [1.54, 1.807) is 0 Å². The summed E-state index contributed by atoms with van der Waals surface area (Å²) in [7, 11) is 0.0650. The molecule has 0 amide bonds. The lowest BCUT2D eigenvalue weighted by molar-refractivity contribution is -0.199. The number of hydrogen-bond acceptors (Lipinski definition) is 2. The van der Waals surface area contributed by atoms with Crippen LogP contribution in [-0.4, -0.2) is 18.8 Å². The molecule has 3 saturated carbocycles. The topological polar surface area (TPSA) is 18.5 Å². The van der Waals surface area contributed by atoms with E-state index >= 15 is 0 Å². The summed E-state index contributed by atoms with van der Waals surface area (Å²) >= 11 is 0. The second kappa shape index (κ2) is 3.26. The molecule has 2 nitrogen and oxygen atoms in total. The van der Waals surface area contributed by atoms with E-state index in [1.165, 1.54) is 12.8 Å². The third kappa shape index (κ3) is 1.22. The van der Waals surface area contributed by atoms with E-state index in [1.807, 2.05) is 0 Å². The van der Waals surface area contributed by atoms with Gasteiger partial charge in [0.1, 0.15) is 0 Å². The number of rotatable bonds is 2. The highest BCUT2D eigenvalue weighted by molar-refractivity contribution is 6.45. The van der Waals surface area contributed by atoms with Crippen molar-refractivity contribution in [2.24, 2.45) is 17.3 Å². The van der Waals surface area contributed by atoms with Gasteiger partial charge < -0.3 is 9.31 Å². The summed E-state index contributed by atoms with van der Waals surface area (Å²) in [5.41, 5.74) is 0.466. The molecule has 4 atom stereocenters. The highest BCUT2D eigenvalue weighted by Gasteiger charge is 2.67. The largest absolute Gasteiger partial charge is 0.457 e. The Balaban J connectivity index is 1.81. The van der Waals surface area contributed by atoms with Gasteiger partial charge >= 0.3 is 7.12 Å². The smallest absolute Gasteiger partial charge is 0.405 e. The number of hydrogen-bond donors (Lipinski definition) is 0. The SMILES string of the molecule is CCCB1OC2CC3C[C@@H](C3(C)C)[C@]2(C)O1. The summed E-state index contributed by atoms with van der Waals surface area (Å²) in [4.78, 5) is 0. The fourth-order valence-corrected chi connectivity index (χ4v) is 4.31. The summed E-state index contributed by atoms with van der Waals surface area (Å²) in [6.07, 6.45) is 5.11. The van der Waals surface area contributed by atoms with Crippen LogP contribution in [0, 0.1) is 17.3 Å². The molecule has 1 saturated heterocycles. The molecule has 1 aliphatic heterocycles. The highest BCUT2D eigenvalue weighted by atomic mass is 16.7. The van der Waals surface area contributed by atoms with Crippen LogP contribution < -0.4 is 0 Å². The van der Waals surface area contributed by atoms with Gasteiger partial charge in [-0.05, 0) is 43.3 Å². The Kier molecular flexibility index (Phi) is 2.26. The van der Waals surface area contributed by atoms with Gasteiger partial charge in [-0.1, -0.05) is 27.2 Å². The molecule has 4 fully saturated rings. The van der Waals surface area contributed by atoms with Crippen molar-refractivity contribution in [2.45, 2.75) is 65.0 Å². The van der Waals surface area contributed by atoms with E-state index in [-0.39, 0.29) is 12.7 Å². The van der Waals surface area contributed by atoms with Crippen LogP contribution in [0.4, 0.5) is 0 Å². The minimum Gasteiger partial charge on any atom is -0.405 e. The Hall–Kier alpha value is -0.0151. The lowest BCUT2D eigenvalue weighted by Crippen LogP contribution is -2.65. The van der Waals surface area contributed by atoms with Crippen LogP contribution in [0.25, 0.3) is 0 Å². The molecule has 90 valence electrons. The molecule has 0 spiro atoms. The maximum Gasteiger partial charge on any atom is 0.457 e. The first-order valence-electron chi connectivity index (χ1n) is 6.81. The molecule has 4 aliphatic rings. The Labute approximate surface area is 99.2 Å². The Morgan fingerprint density at radius 3 is 2.62 bits per heavy atom.